The van der Waals surface area contributed by atoms with Crippen LogP contribution in [-0.2, 0) is 0 Å². The van der Waals surface area contributed by atoms with E-state index >= 15 is 0 Å². The van der Waals surface area contributed by atoms with Gasteiger partial charge in [0.25, 0.3) is 0 Å². The van der Waals surface area contributed by atoms with E-state index in [-0.39, 0.29) is 5.54 Å². The van der Waals surface area contributed by atoms with E-state index in [1.807, 2.05) is 0 Å². The highest BCUT2D eigenvalue weighted by Crippen LogP contribution is 2.37. The van der Waals surface area contributed by atoms with E-state index in [4.69, 9.17) is 5.73 Å². The van der Waals surface area contributed by atoms with Crippen molar-refractivity contribution in [1.29, 1.82) is 0 Å². The van der Waals surface area contributed by atoms with Crippen LogP contribution in [0.2, 0.25) is 0 Å². The Morgan fingerprint density at radius 3 is 2.25 bits per heavy atom. The molecule has 0 aliphatic heterocycles. The molecule has 0 saturated heterocycles. The average Bonchev–Trinajstić information content (AvgIpc) is 2.60. The predicted molar refractivity (Wildman–Crippen MR) is 89.9 cm³/mol. The lowest BCUT2D eigenvalue weighted by atomic mass is 9.84. The van der Waals surface area contributed by atoms with Crippen molar-refractivity contribution in [3.63, 3.8) is 0 Å². The number of rotatable bonds is 6. The monoisotopic (exact) mass is 282 g/mol. The van der Waals surface area contributed by atoms with E-state index in [0.29, 0.717) is 6.04 Å². The van der Waals surface area contributed by atoms with Gasteiger partial charge in [-0.1, -0.05) is 40.5 Å². The minimum atomic E-state index is 0.248. The van der Waals surface area contributed by atoms with Crippen molar-refractivity contribution in [2.45, 2.75) is 84.7 Å². The van der Waals surface area contributed by atoms with E-state index in [2.05, 4.69) is 46.6 Å². The van der Waals surface area contributed by atoms with Crippen molar-refractivity contribution >= 4 is 0 Å². The summed E-state index contributed by atoms with van der Waals surface area (Å²) in [5.74, 6) is 2.48. The Morgan fingerprint density at radius 2 is 1.75 bits per heavy atom. The number of nitrogens with zero attached hydrogens (tertiary/aromatic N) is 1. The van der Waals surface area contributed by atoms with Gasteiger partial charge in [0, 0.05) is 18.1 Å². The summed E-state index contributed by atoms with van der Waals surface area (Å²) >= 11 is 0. The summed E-state index contributed by atoms with van der Waals surface area (Å²) < 4.78 is 0. The van der Waals surface area contributed by atoms with Gasteiger partial charge in [0.1, 0.15) is 0 Å². The second-order valence-corrected chi connectivity index (χ2v) is 7.95. The fraction of sp³-hybridized carbons (Fsp3) is 1.00. The number of likely N-dealkylation sites (N-methyl/N-ethyl adjacent to an activating group) is 1. The summed E-state index contributed by atoms with van der Waals surface area (Å²) in [6, 6.07) is 0.633. The smallest absolute Gasteiger partial charge is 0.0331 e. The molecule has 2 nitrogen and oxygen atoms in total. The molecule has 0 aromatic rings. The maximum absolute atomic E-state index is 6.26. The molecule has 1 fully saturated rings. The Kier molecular flexibility index (Phi) is 7.00. The topological polar surface area (TPSA) is 29.3 Å². The normalized spacial score (nSPS) is 30.0. The number of nitrogens with two attached hydrogens (primary N) is 1. The molecule has 0 bridgehead atoms. The molecule has 0 aromatic heterocycles. The highest BCUT2D eigenvalue weighted by molar-refractivity contribution is 4.95. The lowest BCUT2D eigenvalue weighted by molar-refractivity contribution is 0.0590. The van der Waals surface area contributed by atoms with Crippen molar-refractivity contribution < 1.29 is 0 Å². The molecule has 20 heavy (non-hydrogen) atoms. The second kappa shape index (κ2) is 7.79. The van der Waals surface area contributed by atoms with Gasteiger partial charge in [-0.05, 0) is 57.4 Å². The van der Waals surface area contributed by atoms with Crippen LogP contribution in [0.5, 0.6) is 0 Å². The molecule has 3 unspecified atom stereocenters. The molecule has 2 N–H and O–H groups in total. The molecule has 120 valence electrons. The molecule has 0 aromatic carbocycles. The third kappa shape index (κ3) is 4.46. The standard InChI is InChI=1S/C18H38N2/c1-14(2)12-16(5)20(6)18(13-19)10-7-8-17(9-11-18)15(3)4/h14-17H,7-13,19H2,1-6H3. The van der Waals surface area contributed by atoms with Crippen LogP contribution in [0.15, 0.2) is 0 Å². The molecule has 1 rings (SSSR count). The molecule has 0 spiro atoms. The summed E-state index contributed by atoms with van der Waals surface area (Å²) in [5.41, 5.74) is 6.51. The second-order valence-electron chi connectivity index (χ2n) is 7.95. The molecule has 1 saturated carbocycles. The van der Waals surface area contributed by atoms with Gasteiger partial charge in [-0.3, -0.25) is 4.90 Å². The first-order chi connectivity index (χ1) is 9.32. The predicted octanol–water partition coefficient (Wildman–Crippen LogP) is 4.29. The fourth-order valence-electron chi connectivity index (χ4n) is 4.09. The summed E-state index contributed by atoms with van der Waals surface area (Å²) in [5, 5.41) is 0. The third-order valence-corrected chi connectivity index (χ3v) is 5.74. The molecular formula is C18H38N2. The minimum Gasteiger partial charge on any atom is -0.329 e. The Hall–Kier alpha value is -0.0800. The van der Waals surface area contributed by atoms with Crippen molar-refractivity contribution in [1.82, 2.24) is 4.90 Å². The molecule has 3 atom stereocenters. The zero-order valence-corrected chi connectivity index (χ0v) is 14.8. The molecule has 0 amide bonds. The van der Waals surface area contributed by atoms with E-state index < -0.39 is 0 Å². The highest BCUT2D eigenvalue weighted by atomic mass is 15.2. The average molecular weight is 283 g/mol. The lowest BCUT2D eigenvalue weighted by Crippen LogP contribution is -2.55. The Morgan fingerprint density at radius 1 is 1.10 bits per heavy atom. The number of hydrogen-bond donors (Lipinski definition) is 1. The molecule has 0 radical (unpaired) electrons. The number of hydrogen-bond acceptors (Lipinski definition) is 2. The van der Waals surface area contributed by atoms with Crippen LogP contribution in [0, 0.1) is 17.8 Å². The zero-order valence-electron chi connectivity index (χ0n) is 14.8. The first-order valence-corrected chi connectivity index (χ1v) is 8.75. The van der Waals surface area contributed by atoms with Crippen LogP contribution in [0.25, 0.3) is 0 Å². The van der Waals surface area contributed by atoms with Gasteiger partial charge in [-0.15, -0.1) is 0 Å². The van der Waals surface area contributed by atoms with E-state index in [1.54, 1.807) is 0 Å². The quantitative estimate of drug-likeness (QED) is 0.737. The first kappa shape index (κ1) is 18.0. The van der Waals surface area contributed by atoms with Crippen LogP contribution < -0.4 is 5.73 Å². The van der Waals surface area contributed by atoms with Crippen LogP contribution in [-0.4, -0.2) is 30.1 Å². The van der Waals surface area contributed by atoms with Crippen LogP contribution in [0.4, 0.5) is 0 Å². The maximum atomic E-state index is 6.26. The summed E-state index contributed by atoms with van der Waals surface area (Å²) in [6.07, 6.45) is 7.93. The lowest BCUT2D eigenvalue weighted by Gasteiger charge is -2.45. The van der Waals surface area contributed by atoms with Gasteiger partial charge in [0.15, 0.2) is 0 Å². The largest absolute Gasteiger partial charge is 0.329 e. The van der Waals surface area contributed by atoms with Gasteiger partial charge in [-0.2, -0.15) is 0 Å². The summed E-state index contributed by atoms with van der Waals surface area (Å²) in [4.78, 5) is 2.62. The van der Waals surface area contributed by atoms with Crippen molar-refractivity contribution in [2.75, 3.05) is 13.6 Å². The first-order valence-electron chi connectivity index (χ1n) is 8.75. The Bertz CT molecular complexity index is 275. The van der Waals surface area contributed by atoms with Gasteiger partial charge < -0.3 is 5.73 Å². The van der Waals surface area contributed by atoms with Crippen LogP contribution >= 0.6 is 0 Å². The summed E-state index contributed by atoms with van der Waals surface area (Å²) in [7, 11) is 2.32. The van der Waals surface area contributed by atoms with Gasteiger partial charge in [0.2, 0.25) is 0 Å². The zero-order chi connectivity index (χ0) is 15.3. The minimum absolute atomic E-state index is 0.248. The van der Waals surface area contributed by atoms with Crippen LogP contribution in [0.1, 0.15) is 73.1 Å². The van der Waals surface area contributed by atoms with E-state index in [1.165, 1.54) is 38.5 Å². The highest BCUT2D eigenvalue weighted by Gasteiger charge is 2.38. The Balaban J connectivity index is 2.75. The fourth-order valence-corrected chi connectivity index (χ4v) is 4.09. The van der Waals surface area contributed by atoms with Crippen molar-refractivity contribution in [3.05, 3.63) is 0 Å². The van der Waals surface area contributed by atoms with Crippen molar-refractivity contribution in [3.8, 4) is 0 Å². The Labute approximate surface area is 127 Å². The molecule has 1 aliphatic carbocycles. The molecule has 2 heteroatoms. The van der Waals surface area contributed by atoms with Crippen molar-refractivity contribution in [2.24, 2.45) is 23.5 Å². The molecular weight excluding hydrogens is 244 g/mol. The third-order valence-electron chi connectivity index (χ3n) is 5.74. The van der Waals surface area contributed by atoms with Crippen LogP contribution in [0.3, 0.4) is 0 Å². The SMILES string of the molecule is CC(C)CC(C)N(C)C1(CN)CCCC(C(C)C)CC1. The van der Waals surface area contributed by atoms with Gasteiger partial charge in [0.05, 0.1) is 0 Å². The van der Waals surface area contributed by atoms with Gasteiger partial charge >= 0.3 is 0 Å². The van der Waals surface area contributed by atoms with E-state index in [9.17, 15) is 0 Å². The maximum Gasteiger partial charge on any atom is 0.0331 e. The van der Waals surface area contributed by atoms with Gasteiger partial charge in [-0.25, -0.2) is 0 Å². The molecule has 0 heterocycles. The van der Waals surface area contributed by atoms with E-state index in [0.717, 1.165) is 24.3 Å². The summed E-state index contributed by atoms with van der Waals surface area (Å²) in [6.45, 7) is 12.6. The molecule has 1 aliphatic rings.